The summed E-state index contributed by atoms with van der Waals surface area (Å²) in [6, 6.07) is 2.38. The van der Waals surface area contributed by atoms with Crippen LogP contribution in [0.15, 0.2) is 31.0 Å². The zero-order chi connectivity index (χ0) is 29.3. The second-order valence-electron chi connectivity index (χ2n) is 10.2. The number of anilines is 2. The molecule has 4 heterocycles. The highest BCUT2D eigenvalue weighted by atomic mass is 19.1. The number of ether oxygens (including phenoxy) is 4. The van der Waals surface area contributed by atoms with Gasteiger partial charge in [-0.05, 0) is 25.5 Å². The summed E-state index contributed by atoms with van der Waals surface area (Å²) < 4.78 is 52.4. The average Bonchev–Trinajstić information content (AvgIpc) is 3.59. The van der Waals surface area contributed by atoms with Gasteiger partial charge >= 0.3 is 0 Å². The number of nitrogens with one attached hydrogen (secondary N) is 2. The first-order valence-electron chi connectivity index (χ1n) is 13.1. The summed E-state index contributed by atoms with van der Waals surface area (Å²) in [6.45, 7) is 7.29. The van der Waals surface area contributed by atoms with E-state index >= 15 is 8.78 Å². The van der Waals surface area contributed by atoms with E-state index in [1.807, 2.05) is 11.8 Å². The first kappa shape index (κ1) is 28.4. The molecule has 2 aliphatic rings. The second kappa shape index (κ2) is 11.4. The van der Waals surface area contributed by atoms with E-state index in [1.54, 1.807) is 13.2 Å². The van der Waals surface area contributed by atoms with Crippen LogP contribution in [0.3, 0.4) is 0 Å². The molecule has 5 rings (SSSR count). The largest absolute Gasteiger partial charge is 0.494 e. The third kappa shape index (κ3) is 5.46. The molecular weight excluding hydrogens is 538 g/mol. The van der Waals surface area contributed by atoms with Gasteiger partial charge in [-0.1, -0.05) is 6.58 Å². The molecule has 41 heavy (non-hydrogen) atoms. The lowest BCUT2D eigenvalue weighted by Crippen LogP contribution is -2.45. The lowest BCUT2D eigenvalue weighted by Gasteiger charge is -2.25. The molecule has 3 atom stereocenters. The van der Waals surface area contributed by atoms with Crippen LogP contribution < -0.4 is 25.0 Å². The van der Waals surface area contributed by atoms with Gasteiger partial charge in [0, 0.05) is 31.7 Å². The number of aromatic nitrogens is 3. The van der Waals surface area contributed by atoms with Crippen molar-refractivity contribution in [3.63, 3.8) is 0 Å². The number of pyridine rings is 1. The van der Waals surface area contributed by atoms with Crippen molar-refractivity contribution in [2.24, 2.45) is 0 Å². The molecule has 0 saturated carbocycles. The highest BCUT2D eigenvalue weighted by Gasteiger charge is 2.36. The van der Waals surface area contributed by atoms with Crippen LogP contribution in [0.1, 0.15) is 13.3 Å². The van der Waals surface area contributed by atoms with Crippen LogP contribution in [0.5, 0.6) is 11.5 Å². The molecule has 0 spiro atoms. The Hall–Kier alpha value is -4.10. The number of rotatable bonds is 9. The molecule has 2 aliphatic heterocycles. The molecule has 218 valence electrons. The maximum absolute atomic E-state index is 15.5. The number of carbonyl (C=O) groups is 1. The Morgan fingerprint density at radius 1 is 1.15 bits per heavy atom. The van der Waals surface area contributed by atoms with Crippen LogP contribution in [0, 0.1) is 11.6 Å². The van der Waals surface area contributed by atoms with Gasteiger partial charge in [-0.25, -0.2) is 23.7 Å². The molecular formula is C28H32F2N6O5. The van der Waals surface area contributed by atoms with Crippen LogP contribution in [-0.2, 0) is 14.3 Å². The SMILES string of the molecule is C=CC(=O)N[C@H]1COC[C@H]1Nc1cc2c(N3CCC(C)(OC)C3)nc(-c3c(F)c(OC)cc(OC)c3F)nc2cn1. The summed E-state index contributed by atoms with van der Waals surface area (Å²) in [5.41, 5.74) is -0.524. The fourth-order valence-corrected chi connectivity index (χ4v) is 5.08. The molecule has 2 fully saturated rings. The molecule has 11 nitrogen and oxygen atoms in total. The molecule has 13 heteroatoms. The van der Waals surface area contributed by atoms with Gasteiger partial charge in [-0.2, -0.15) is 0 Å². The fraction of sp³-hybridized carbons (Fsp3) is 0.429. The van der Waals surface area contributed by atoms with Crippen molar-refractivity contribution >= 4 is 28.4 Å². The Bertz CT molecular complexity index is 1460. The molecule has 3 aromatic rings. The zero-order valence-electron chi connectivity index (χ0n) is 23.3. The van der Waals surface area contributed by atoms with Gasteiger partial charge in [0.25, 0.3) is 0 Å². The summed E-state index contributed by atoms with van der Waals surface area (Å²) in [5.74, 6) is -1.81. The van der Waals surface area contributed by atoms with E-state index in [0.717, 1.165) is 12.5 Å². The Kier molecular flexibility index (Phi) is 7.91. The number of amides is 1. The Morgan fingerprint density at radius 3 is 2.49 bits per heavy atom. The van der Waals surface area contributed by atoms with Crippen LogP contribution in [0.25, 0.3) is 22.3 Å². The standard InChI is InChI=1S/C28H32F2N6O5/c1-6-22(37)33-18-13-41-12-17(18)32-21-9-15-16(11-31-21)34-26(35-27(15)36-8-7-28(2,14-36)40-5)23-24(29)19(38-3)10-20(39-4)25(23)30/h6,9-11,17-18H,1,7-8,12-14H2,2-5H3,(H,31,32)(H,33,37)/t17-,18+,28?/m1/s1. The van der Waals surface area contributed by atoms with Gasteiger partial charge in [0.05, 0.1) is 62.4 Å². The quantitative estimate of drug-likeness (QED) is 0.372. The maximum Gasteiger partial charge on any atom is 0.243 e. The van der Waals surface area contributed by atoms with Crippen LogP contribution >= 0.6 is 0 Å². The highest BCUT2D eigenvalue weighted by molar-refractivity contribution is 5.93. The van der Waals surface area contributed by atoms with E-state index in [-0.39, 0.29) is 35.3 Å². The number of benzene rings is 1. The van der Waals surface area contributed by atoms with Crippen molar-refractivity contribution in [1.82, 2.24) is 20.3 Å². The van der Waals surface area contributed by atoms with Crippen molar-refractivity contribution in [3.05, 3.63) is 42.6 Å². The minimum atomic E-state index is -0.945. The van der Waals surface area contributed by atoms with Crippen molar-refractivity contribution in [2.45, 2.75) is 31.0 Å². The number of carbonyl (C=O) groups excluding carboxylic acids is 1. The first-order chi connectivity index (χ1) is 19.7. The predicted octanol–water partition coefficient (Wildman–Crippen LogP) is 3.08. The van der Waals surface area contributed by atoms with Crippen molar-refractivity contribution < 1.29 is 32.5 Å². The smallest absolute Gasteiger partial charge is 0.243 e. The summed E-state index contributed by atoms with van der Waals surface area (Å²) in [6.07, 6.45) is 3.44. The van der Waals surface area contributed by atoms with Gasteiger partial charge in [0.1, 0.15) is 11.6 Å². The van der Waals surface area contributed by atoms with Crippen molar-refractivity contribution in [3.8, 4) is 22.9 Å². The first-order valence-corrected chi connectivity index (χ1v) is 13.1. The molecule has 1 unspecified atom stereocenters. The minimum absolute atomic E-state index is 0.176. The Labute approximate surface area is 235 Å². The molecule has 2 saturated heterocycles. The van der Waals surface area contributed by atoms with E-state index in [9.17, 15) is 4.79 Å². The molecule has 2 aromatic heterocycles. The van der Waals surface area contributed by atoms with Crippen LogP contribution in [0.4, 0.5) is 20.4 Å². The Morgan fingerprint density at radius 2 is 1.85 bits per heavy atom. The second-order valence-corrected chi connectivity index (χ2v) is 10.2. The number of methoxy groups -OCH3 is 3. The third-order valence-electron chi connectivity index (χ3n) is 7.51. The summed E-state index contributed by atoms with van der Waals surface area (Å²) in [7, 11) is 4.21. The molecule has 0 aliphatic carbocycles. The van der Waals surface area contributed by atoms with E-state index in [4.69, 9.17) is 18.9 Å². The topological polar surface area (TPSA) is 120 Å². The van der Waals surface area contributed by atoms with E-state index in [0.29, 0.717) is 48.8 Å². The van der Waals surface area contributed by atoms with Crippen LogP contribution in [0.2, 0.25) is 0 Å². The number of halogens is 2. The lowest BCUT2D eigenvalue weighted by molar-refractivity contribution is -0.117. The summed E-state index contributed by atoms with van der Waals surface area (Å²) in [4.78, 5) is 27.5. The normalized spacial score (nSPS) is 22.1. The number of hydrogen-bond donors (Lipinski definition) is 2. The van der Waals surface area contributed by atoms with Gasteiger partial charge in [0.15, 0.2) is 29.0 Å². The molecule has 0 bridgehead atoms. The summed E-state index contributed by atoms with van der Waals surface area (Å²) >= 11 is 0. The van der Waals surface area contributed by atoms with Crippen molar-refractivity contribution in [2.75, 3.05) is 57.8 Å². The van der Waals surface area contributed by atoms with Crippen LogP contribution in [-0.4, -0.2) is 86.2 Å². The fourth-order valence-electron chi connectivity index (χ4n) is 5.08. The number of fused-ring (bicyclic) bond motifs is 1. The number of hydrogen-bond acceptors (Lipinski definition) is 10. The minimum Gasteiger partial charge on any atom is -0.494 e. The predicted molar refractivity (Wildman–Crippen MR) is 148 cm³/mol. The molecule has 1 aromatic carbocycles. The van der Waals surface area contributed by atoms with Gasteiger partial charge < -0.3 is 34.5 Å². The number of nitrogens with zero attached hydrogens (tertiary/aromatic N) is 4. The zero-order valence-corrected chi connectivity index (χ0v) is 23.3. The summed E-state index contributed by atoms with van der Waals surface area (Å²) in [5, 5.41) is 6.79. The highest BCUT2D eigenvalue weighted by Crippen LogP contribution is 2.39. The van der Waals surface area contributed by atoms with Crippen molar-refractivity contribution in [1.29, 1.82) is 0 Å². The Balaban J connectivity index is 1.61. The van der Waals surface area contributed by atoms with E-state index in [1.165, 1.54) is 26.5 Å². The third-order valence-corrected chi connectivity index (χ3v) is 7.51. The molecule has 0 radical (unpaired) electrons. The average molecular weight is 571 g/mol. The van der Waals surface area contributed by atoms with E-state index in [2.05, 4.69) is 32.2 Å². The van der Waals surface area contributed by atoms with Gasteiger partial charge in [-0.3, -0.25) is 4.79 Å². The molecule has 1 amide bonds. The van der Waals surface area contributed by atoms with Gasteiger partial charge in [0.2, 0.25) is 5.91 Å². The molecule has 2 N–H and O–H groups in total. The van der Waals surface area contributed by atoms with E-state index < -0.39 is 22.8 Å². The monoisotopic (exact) mass is 570 g/mol. The van der Waals surface area contributed by atoms with Gasteiger partial charge in [-0.15, -0.1) is 0 Å². The lowest BCUT2D eigenvalue weighted by atomic mass is 10.1. The maximum atomic E-state index is 15.5.